The number of hydrogen-bond donors (Lipinski definition) is 3. The first-order valence-electron chi connectivity index (χ1n) is 7.89. The number of aliphatic hydroxyl groups excluding tert-OH is 1. The van der Waals surface area contributed by atoms with Crippen LogP contribution in [-0.4, -0.2) is 55.2 Å². The van der Waals surface area contributed by atoms with Gasteiger partial charge < -0.3 is 34.9 Å². The Morgan fingerprint density at radius 1 is 1.20 bits per heavy atom. The van der Waals surface area contributed by atoms with Gasteiger partial charge in [-0.2, -0.15) is 0 Å². The van der Waals surface area contributed by atoms with Gasteiger partial charge in [-0.25, -0.2) is 4.79 Å². The molecule has 0 heterocycles. The number of carboxylic acid groups (broad SMARTS) is 2. The van der Waals surface area contributed by atoms with E-state index in [4.69, 9.17) is 29.3 Å². The molecule has 1 rings (SSSR count). The summed E-state index contributed by atoms with van der Waals surface area (Å²) in [7, 11) is 3.30. The van der Waals surface area contributed by atoms with Gasteiger partial charge >= 0.3 is 5.97 Å². The van der Waals surface area contributed by atoms with Gasteiger partial charge in [0.15, 0.2) is 12.3 Å². The molecule has 0 amide bonds. The van der Waals surface area contributed by atoms with Crippen LogP contribution in [0.4, 0.5) is 0 Å². The van der Waals surface area contributed by atoms with Crippen molar-refractivity contribution in [3.63, 3.8) is 0 Å². The predicted molar refractivity (Wildman–Crippen MR) is 87.3 cm³/mol. The van der Waals surface area contributed by atoms with Crippen molar-refractivity contribution in [1.29, 1.82) is 0 Å². The largest absolute Gasteiger partial charge is 0.539 e. The Hall–Kier alpha value is -2.00. The van der Waals surface area contributed by atoms with Crippen LogP contribution in [0.1, 0.15) is 31.4 Å². The first-order chi connectivity index (χ1) is 11.8. The summed E-state index contributed by atoms with van der Waals surface area (Å²) in [6.45, 7) is 3.00. The molecule has 0 saturated carbocycles. The van der Waals surface area contributed by atoms with Gasteiger partial charge in [0.1, 0.15) is 12.1 Å². The molecule has 0 radical (unpaired) electrons. The summed E-state index contributed by atoms with van der Waals surface area (Å²) in [5, 5.41) is 28.7. The van der Waals surface area contributed by atoms with Gasteiger partial charge in [0.25, 0.3) is 0 Å². The van der Waals surface area contributed by atoms with Crippen LogP contribution in [0.3, 0.4) is 0 Å². The quantitative estimate of drug-likeness (QED) is 0.290. The summed E-state index contributed by atoms with van der Waals surface area (Å²) in [6.07, 6.45) is 1.32. The normalized spacial score (nSPS) is 12.8. The lowest BCUT2D eigenvalue weighted by atomic mass is 10.0. The topological polar surface area (TPSA) is 133 Å². The highest BCUT2D eigenvalue weighted by Crippen LogP contribution is 2.13. The van der Waals surface area contributed by atoms with Crippen molar-refractivity contribution in [3.8, 4) is 0 Å². The monoisotopic (exact) mass is 357 g/mol. The summed E-state index contributed by atoms with van der Waals surface area (Å²) >= 11 is 0. The van der Waals surface area contributed by atoms with Crippen LogP contribution < -0.4 is 10.4 Å². The summed E-state index contributed by atoms with van der Waals surface area (Å²) in [4.78, 5) is 18.0. The van der Waals surface area contributed by atoms with Gasteiger partial charge in [-0.15, -0.1) is 0 Å². The summed E-state index contributed by atoms with van der Waals surface area (Å²) in [5.41, 5.74) is 0.970. The summed E-state index contributed by atoms with van der Waals surface area (Å²) in [5.74, 6) is -4.01. The maximum Gasteiger partial charge on any atom is 0.351 e. The zero-order valence-electron chi connectivity index (χ0n) is 14.8. The molecule has 25 heavy (non-hydrogen) atoms. The molecular formula is C17H27NO7. The molecule has 0 fully saturated rings. The van der Waals surface area contributed by atoms with Gasteiger partial charge in [-0.05, 0) is 12.5 Å². The third-order valence-electron chi connectivity index (χ3n) is 3.52. The van der Waals surface area contributed by atoms with Crippen molar-refractivity contribution >= 4 is 11.9 Å². The van der Waals surface area contributed by atoms with Crippen LogP contribution in [0.25, 0.3) is 0 Å². The average Bonchev–Trinajstić information content (AvgIpc) is 2.62. The molecule has 8 heteroatoms. The average molecular weight is 357 g/mol. The lowest BCUT2D eigenvalue weighted by Crippen LogP contribution is -2.90. The molecule has 0 aliphatic rings. The van der Waals surface area contributed by atoms with Crippen molar-refractivity contribution in [3.05, 3.63) is 35.9 Å². The molecule has 1 aromatic carbocycles. The molecule has 2 unspecified atom stereocenters. The molecule has 2 atom stereocenters. The van der Waals surface area contributed by atoms with Gasteiger partial charge in [0.05, 0.1) is 6.54 Å². The van der Waals surface area contributed by atoms with Gasteiger partial charge in [0, 0.05) is 27.1 Å². The van der Waals surface area contributed by atoms with Crippen molar-refractivity contribution < 1.29 is 39.7 Å². The van der Waals surface area contributed by atoms with Gasteiger partial charge in [0.2, 0.25) is 0 Å². The Balaban J connectivity index is 0.000000823. The van der Waals surface area contributed by atoms with Crippen LogP contribution in [-0.2, 0) is 19.1 Å². The SMILES string of the molecule is COC(CCC[NH2+]C(C)C(O)c1ccccc1)OC.O=C([O-])C(=O)O. The fourth-order valence-electron chi connectivity index (χ4n) is 2.08. The van der Waals surface area contributed by atoms with E-state index in [2.05, 4.69) is 5.32 Å². The van der Waals surface area contributed by atoms with E-state index in [1.807, 2.05) is 37.3 Å². The molecule has 8 nitrogen and oxygen atoms in total. The third kappa shape index (κ3) is 10.5. The van der Waals surface area contributed by atoms with E-state index in [9.17, 15) is 5.11 Å². The van der Waals surface area contributed by atoms with E-state index in [-0.39, 0.29) is 12.3 Å². The second kappa shape index (κ2) is 13.3. The fourth-order valence-corrected chi connectivity index (χ4v) is 2.08. The minimum atomic E-state index is -2.07. The summed E-state index contributed by atoms with van der Waals surface area (Å²) in [6, 6.07) is 9.92. The smallest absolute Gasteiger partial charge is 0.351 e. The number of carbonyl (C=O) groups excluding carboxylic acids is 1. The molecule has 0 aliphatic heterocycles. The van der Waals surface area contributed by atoms with Crippen LogP contribution in [0.2, 0.25) is 0 Å². The Labute approximate surface area is 147 Å². The van der Waals surface area contributed by atoms with E-state index in [1.54, 1.807) is 14.2 Å². The predicted octanol–water partition coefficient (Wildman–Crippen LogP) is -1.11. The molecule has 1 aromatic rings. The van der Waals surface area contributed by atoms with Gasteiger partial charge in [-0.3, -0.25) is 0 Å². The van der Waals surface area contributed by atoms with E-state index >= 15 is 0 Å². The minimum absolute atomic E-state index is 0.122. The number of carbonyl (C=O) groups is 2. The van der Waals surface area contributed by atoms with Crippen molar-refractivity contribution in [1.82, 2.24) is 0 Å². The molecule has 4 N–H and O–H groups in total. The molecular weight excluding hydrogens is 330 g/mol. The number of benzene rings is 1. The first kappa shape index (κ1) is 23.0. The maximum absolute atomic E-state index is 10.2. The van der Waals surface area contributed by atoms with Crippen molar-refractivity contribution in [2.24, 2.45) is 0 Å². The Bertz CT molecular complexity index is 479. The molecule has 0 saturated heterocycles. The molecule has 0 aliphatic carbocycles. The zero-order valence-corrected chi connectivity index (χ0v) is 14.8. The van der Waals surface area contributed by atoms with E-state index < -0.39 is 18.0 Å². The number of rotatable bonds is 9. The molecule has 0 bridgehead atoms. The zero-order chi connectivity index (χ0) is 19.2. The Kier molecular flexibility index (Phi) is 12.2. The summed E-state index contributed by atoms with van der Waals surface area (Å²) < 4.78 is 10.3. The van der Waals surface area contributed by atoms with E-state index in [0.717, 1.165) is 24.9 Å². The van der Waals surface area contributed by atoms with E-state index in [1.165, 1.54) is 0 Å². The standard InChI is InChI=1S/C15H25NO3.C2H2O4/c1-12(15(17)13-8-5-4-6-9-13)16-11-7-10-14(18-2)19-3;3-1(4)2(5)6/h4-6,8-9,12,14-17H,7,10-11H2,1-3H3;(H,3,4)(H,5,6). The van der Waals surface area contributed by atoms with E-state index in [0.29, 0.717) is 0 Å². The van der Waals surface area contributed by atoms with Crippen LogP contribution >= 0.6 is 0 Å². The molecule has 0 spiro atoms. The number of ether oxygens (including phenoxy) is 2. The Morgan fingerprint density at radius 2 is 1.72 bits per heavy atom. The highest BCUT2D eigenvalue weighted by Gasteiger charge is 2.18. The second-order valence-electron chi connectivity index (χ2n) is 5.37. The van der Waals surface area contributed by atoms with Crippen molar-refractivity contribution in [2.75, 3.05) is 20.8 Å². The molecule has 142 valence electrons. The second-order valence-corrected chi connectivity index (χ2v) is 5.37. The lowest BCUT2D eigenvalue weighted by molar-refractivity contribution is -0.694. The number of hydrogen-bond acceptors (Lipinski definition) is 6. The number of quaternary nitrogens is 1. The van der Waals surface area contributed by atoms with Crippen LogP contribution in [0.5, 0.6) is 0 Å². The van der Waals surface area contributed by atoms with Crippen molar-refractivity contribution in [2.45, 2.75) is 38.2 Å². The van der Waals surface area contributed by atoms with Crippen LogP contribution in [0, 0.1) is 0 Å². The number of nitrogens with two attached hydrogens (primary N) is 1. The Morgan fingerprint density at radius 3 is 2.16 bits per heavy atom. The number of carboxylic acids is 2. The highest BCUT2D eigenvalue weighted by molar-refractivity contribution is 6.26. The fraction of sp³-hybridized carbons (Fsp3) is 0.529. The highest BCUT2D eigenvalue weighted by atomic mass is 16.7. The third-order valence-corrected chi connectivity index (χ3v) is 3.52. The van der Waals surface area contributed by atoms with Crippen LogP contribution in [0.15, 0.2) is 30.3 Å². The minimum Gasteiger partial charge on any atom is -0.539 e. The number of methoxy groups -OCH3 is 2. The molecule has 0 aromatic heterocycles. The van der Waals surface area contributed by atoms with Gasteiger partial charge in [-0.1, -0.05) is 30.3 Å². The first-order valence-corrected chi connectivity index (χ1v) is 7.89. The number of aliphatic hydroxyl groups is 1. The maximum atomic E-state index is 10.2. The lowest BCUT2D eigenvalue weighted by Gasteiger charge is -2.18. The number of aliphatic carboxylic acids is 2.